The lowest BCUT2D eigenvalue weighted by molar-refractivity contribution is 0.104. The molecule has 0 aromatic heterocycles. The topological polar surface area (TPSA) is 59.6 Å². The second-order valence-electron chi connectivity index (χ2n) is 4.65. The number of carbonyl (C=O) groups excluding carboxylic acids is 1. The third-order valence-electron chi connectivity index (χ3n) is 2.94. The van der Waals surface area contributed by atoms with Crippen molar-refractivity contribution in [3.8, 4) is 5.75 Å². The molecular weight excluding hydrogens is 263 g/mol. The predicted octanol–water partition coefficient (Wildman–Crippen LogP) is 1.81. The minimum atomic E-state index is -0.428. The summed E-state index contributed by atoms with van der Waals surface area (Å²) in [4.78, 5) is 10.9. The van der Waals surface area contributed by atoms with Gasteiger partial charge < -0.3 is 20.1 Å². The van der Waals surface area contributed by atoms with Crippen molar-refractivity contribution in [3.05, 3.63) is 29.6 Å². The molecule has 0 spiro atoms. The van der Waals surface area contributed by atoms with Crippen LogP contribution >= 0.6 is 0 Å². The lowest BCUT2D eigenvalue weighted by Crippen LogP contribution is -2.23. The van der Waals surface area contributed by atoms with Gasteiger partial charge in [-0.05, 0) is 31.2 Å². The van der Waals surface area contributed by atoms with Crippen LogP contribution in [-0.4, -0.2) is 31.9 Å². The number of hydrogen-bond donors (Lipinski definition) is 2. The highest BCUT2D eigenvalue weighted by atomic mass is 19.1. The first kappa shape index (κ1) is 14.6. The van der Waals surface area contributed by atoms with Crippen molar-refractivity contribution < 1.29 is 18.7 Å². The van der Waals surface area contributed by atoms with Gasteiger partial charge in [0.25, 0.3) is 0 Å². The Balaban J connectivity index is 1.93. The summed E-state index contributed by atoms with van der Waals surface area (Å²) in [6.45, 7) is 4.16. The molecular formula is C14H19FN2O3. The number of cyclic esters (lactones) is 1. The van der Waals surface area contributed by atoms with Crippen molar-refractivity contribution in [2.24, 2.45) is 0 Å². The van der Waals surface area contributed by atoms with Gasteiger partial charge in [-0.3, -0.25) is 0 Å². The van der Waals surface area contributed by atoms with E-state index in [0.29, 0.717) is 18.8 Å². The number of rotatable bonds is 7. The molecule has 6 heteroatoms. The molecule has 1 aliphatic rings. The van der Waals surface area contributed by atoms with Crippen LogP contribution in [-0.2, 0) is 11.3 Å². The fourth-order valence-electron chi connectivity index (χ4n) is 1.93. The molecule has 20 heavy (non-hydrogen) atoms. The van der Waals surface area contributed by atoms with Crippen LogP contribution in [0.1, 0.15) is 18.9 Å². The number of amides is 1. The highest BCUT2D eigenvalue weighted by Gasteiger charge is 2.23. The van der Waals surface area contributed by atoms with E-state index < -0.39 is 6.09 Å². The van der Waals surface area contributed by atoms with Gasteiger partial charge in [0, 0.05) is 12.1 Å². The van der Waals surface area contributed by atoms with Crippen LogP contribution in [0.5, 0.6) is 5.75 Å². The summed E-state index contributed by atoms with van der Waals surface area (Å²) in [5, 5.41) is 5.77. The second-order valence-corrected chi connectivity index (χ2v) is 4.65. The lowest BCUT2D eigenvalue weighted by atomic mass is 10.2. The van der Waals surface area contributed by atoms with Gasteiger partial charge in [0.2, 0.25) is 0 Å². The Hall–Kier alpha value is -1.82. The normalized spacial score (nSPS) is 17.7. The van der Waals surface area contributed by atoms with Crippen molar-refractivity contribution in [2.45, 2.75) is 26.0 Å². The van der Waals surface area contributed by atoms with E-state index >= 15 is 0 Å². The molecule has 1 aromatic rings. The largest absolute Gasteiger partial charge is 0.489 e. The molecule has 1 unspecified atom stereocenters. The fourth-order valence-corrected chi connectivity index (χ4v) is 1.93. The number of benzene rings is 1. The van der Waals surface area contributed by atoms with Crippen molar-refractivity contribution in [1.29, 1.82) is 0 Å². The molecule has 0 bridgehead atoms. The monoisotopic (exact) mass is 282 g/mol. The summed E-state index contributed by atoms with van der Waals surface area (Å²) in [5.41, 5.74) is 0.760. The van der Waals surface area contributed by atoms with Gasteiger partial charge >= 0.3 is 6.09 Å². The summed E-state index contributed by atoms with van der Waals surface area (Å²) in [6.07, 6.45) is 0.279. The summed E-state index contributed by atoms with van der Waals surface area (Å²) in [6, 6.07) is 4.41. The van der Waals surface area contributed by atoms with Crippen molar-refractivity contribution in [2.75, 3.05) is 19.7 Å². The van der Waals surface area contributed by atoms with E-state index in [1.165, 1.54) is 12.1 Å². The van der Waals surface area contributed by atoms with E-state index in [2.05, 4.69) is 17.6 Å². The maximum atomic E-state index is 13.3. The summed E-state index contributed by atoms with van der Waals surface area (Å²) >= 11 is 0. The Morgan fingerprint density at radius 3 is 3.10 bits per heavy atom. The number of alkyl carbamates (subject to hydrolysis) is 1. The third-order valence-corrected chi connectivity index (χ3v) is 2.94. The molecule has 0 saturated carbocycles. The molecule has 1 aromatic carbocycles. The van der Waals surface area contributed by atoms with E-state index in [4.69, 9.17) is 9.47 Å². The number of nitrogens with one attached hydrogen (secondary N) is 2. The molecule has 1 aliphatic heterocycles. The Kier molecular flexibility index (Phi) is 5.17. The smallest absolute Gasteiger partial charge is 0.407 e. The molecule has 5 nitrogen and oxygen atoms in total. The zero-order valence-corrected chi connectivity index (χ0v) is 11.4. The van der Waals surface area contributed by atoms with E-state index in [1.807, 2.05) is 0 Å². The minimum absolute atomic E-state index is 0.255. The molecule has 0 radical (unpaired) electrons. The molecule has 1 saturated heterocycles. The molecule has 0 aliphatic carbocycles. The maximum Gasteiger partial charge on any atom is 0.407 e. The van der Waals surface area contributed by atoms with Crippen molar-refractivity contribution >= 4 is 6.09 Å². The van der Waals surface area contributed by atoms with Crippen LogP contribution in [0.15, 0.2) is 18.2 Å². The zero-order valence-electron chi connectivity index (χ0n) is 11.4. The molecule has 1 amide bonds. The fraction of sp³-hybridized carbons (Fsp3) is 0.500. The number of halogens is 1. The quantitative estimate of drug-likeness (QED) is 0.749. The average molecular weight is 282 g/mol. The maximum absolute atomic E-state index is 13.3. The first-order chi connectivity index (χ1) is 9.69. The first-order valence-electron chi connectivity index (χ1n) is 6.75. The number of carbonyl (C=O) groups is 1. The summed E-state index contributed by atoms with van der Waals surface area (Å²) in [5.74, 6) is 0.317. The van der Waals surface area contributed by atoms with E-state index in [9.17, 15) is 9.18 Å². The molecule has 1 heterocycles. The molecule has 1 fully saturated rings. The van der Waals surface area contributed by atoms with Gasteiger partial charge in [0.1, 0.15) is 18.2 Å². The van der Waals surface area contributed by atoms with Gasteiger partial charge in [-0.25, -0.2) is 9.18 Å². The third kappa shape index (κ3) is 4.09. The highest BCUT2D eigenvalue weighted by molar-refractivity contribution is 5.69. The van der Waals surface area contributed by atoms with Crippen LogP contribution in [0.2, 0.25) is 0 Å². The Bertz CT molecular complexity index is 468. The SMILES string of the molecule is CCCNCc1cc(F)ccc1OCC1CNC(=O)O1. The lowest BCUT2D eigenvalue weighted by Gasteiger charge is -2.14. The second kappa shape index (κ2) is 7.09. The Morgan fingerprint density at radius 1 is 1.55 bits per heavy atom. The van der Waals surface area contributed by atoms with Crippen molar-refractivity contribution in [3.63, 3.8) is 0 Å². The Morgan fingerprint density at radius 2 is 2.40 bits per heavy atom. The van der Waals surface area contributed by atoms with Crippen LogP contribution in [0.25, 0.3) is 0 Å². The van der Waals surface area contributed by atoms with Gasteiger partial charge in [-0.2, -0.15) is 0 Å². The molecule has 2 N–H and O–H groups in total. The minimum Gasteiger partial charge on any atom is -0.489 e. The van der Waals surface area contributed by atoms with E-state index in [-0.39, 0.29) is 18.5 Å². The number of ether oxygens (including phenoxy) is 2. The van der Waals surface area contributed by atoms with Gasteiger partial charge in [-0.15, -0.1) is 0 Å². The first-order valence-corrected chi connectivity index (χ1v) is 6.75. The number of hydrogen-bond acceptors (Lipinski definition) is 4. The molecule has 110 valence electrons. The predicted molar refractivity (Wildman–Crippen MR) is 72.2 cm³/mol. The zero-order chi connectivity index (χ0) is 14.4. The average Bonchev–Trinajstić information content (AvgIpc) is 2.84. The van der Waals surface area contributed by atoms with Crippen molar-refractivity contribution in [1.82, 2.24) is 10.6 Å². The summed E-state index contributed by atoms with van der Waals surface area (Å²) in [7, 11) is 0. The standard InChI is InChI=1S/C14H19FN2O3/c1-2-5-16-7-10-6-11(15)3-4-13(10)19-9-12-8-17-14(18)20-12/h3-4,6,12,16H,2,5,7-9H2,1H3,(H,17,18). The summed E-state index contributed by atoms with van der Waals surface area (Å²) < 4.78 is 23.9. The molecule has 2 rings (SSSR count). The highest BCUT2D eigenvalue weighted by Crippen LogP contribution is 2.20. The van der Waals surface area contributed by atoms with Crippen LogP contribution in [0.4, 0.5) is 9.18 Å². The molecule has 1 atom stereocenters. The van der Waals surface area contributed by atoms with Crippen LogP contribution in [0.3, 0.4) is 0 Å². The van der Waals surface area contributed by atoms with Crippen LogP contribution < -0.4 is 15.4 Å². The van der Waals surface area contributed by atoms with E-state index in [1.54, 1.807) is 6.07 Å². The van der Waals surface area contributed by atoms with Gasteiger partial charge in [0.05, 0.1) is 6.54 Å². The van der Waals surface area contributed by atoms with Gasteiger partial charge in [0.15, 0.2) is 6.10 Å². The van der Waals surface area contributed by atoms with E-state index in [0.717, 1.165) is 18.5 Å². The van der Waals surface area contributed by atoms with Crippen LogP contribution in [0, 0.1) is 5.82 Å². The Labute approximate surface area is 117 Å². The van der Waals surface area contributed by atoms with Gasteiger partial charge in [-0.1, -0.05) is 6.92 Å².